The first-order valence-electron chi connectivity index (χ1n) is 9.35. The molecule has 3 aromatic carbocycles. The third-order valence-corrected chi connectivity index (χ3v) is 5.87. The SMILES string of the molecule is COc1ccc(/C=N\N=C2\S[C@H](C)C(=O)N2Cc2cccc3ccccc23)cc1. The molecule has 1 saturated heterocycles. The van der Waals surface area contributed by atoms with Gasteiger partial charge in [-0.15, -0.1) is 5.10 Å². The number of hydrogen-bond acceptors (Lipinski definition) is 5. The van der Waals surface area contributed by atoms with Crippen LogP contribution in [0.1, 0.15) is 18.1 Å². The Labute approximate surface area is 174 Å². The Morgan fingerprint density at radius 3 is 2.62 bits per heavy atom. The molecule has 0 bridgehead atoms. The number of amides is 1. The van der Waals surface area contributed by atoms with Crippen molar-refractivity contribution in [3.63, 3.8) is 0 Å². The van der Waals surface area contributed by atoms with Gasteiger partial charge in [0.2, 0.25) is 5.91 Å². The summed E-state index contributed by atoms with van der Waals surface area (Å²) in [6.45, 7) is 2.38. The van der Waals surface area contributed by atoms with Gasteiger partial charge in [0.1, 0.15) is 5.75 Å². The standard InChI is InChI=1S/C23H21N3O2S/c1-16-22(27)26(15-19-8-5-7-18-6-3-4-9-21(18)19)23(29-16)25-24-14-17-10-12-20(28-2)13-11-17/h3-14,16H,15H2,1-2H3/b24-14-,25-23+/t16-/m1/s1. The van der Waals surface area contributed by atoms with E-state index in [1.54, 1.807) is 18.2 Å². The molecule has 1 heterocycles. The molecule has 0 saturated carbocycles. The van der Waals surface area contributed by atoms with E-state index in [1.807, 2.05) is 49.4 Å². The number of benzene rings is 3. The minimum atomic E-state index is -0.167. The van der Waals surface area contributed by atoms with Crippen LogP contribution >= 0.6 is 11.8 Å². The average molecular weight is 404 g/mol. The van der Waals surface area contributed by atoms with Crippen LogP contribution in [0.4, 0.5) is 0 Å². The predicted octanol–water partition coefficient (Wildman–Crippen LogP) is 4.70. The number of nitrogens with zero attached hydrogens (tertiary/aromatic N) is 3. The number of fused-ring (bicyclic) bond motifs is 1. The molecule has 0 aromatic heterocycles. The van der Waals surface area contributed by atoms with E-state index in [0.717, 1.165) is 27.6 Å². The highest BCUT2D eigenvalue weighted by atomic mass is 32.2. The van der Waals surface area contributed by atoms with Gasteiger partial charge in [0.15, 0.2) is 5.17 Å². The maximum Gasteiger partial charge on any atom is 0.242 e. The van der Waals surface area contributed by atoms with Gasteiger partial charge in [0.05, 0.1) is 25.1 Å². The number of amidine groups is 1. The molecule has 0 aliphatic carbocycles. The molecule has 0 unspecified atom stereocenters. The van der Waals surface area contributed by atoms with E-state index in [0.29, 0.717) is 11.7 Å². The third kappa shape index (κ3) is 4.17. The fraction of sp³-hybridized carbons (Fsp3) is 0.174. The zero-order valence-electron chi connectivity index (χ0n) is 16.3. The highest BCUT2D eigenvalue weighted by molar-refractivity contribution is 8.15. The Bertz CT molecular complexity index is 1090. The summed E-state index contributed by atoms with van der Waals surface area (Å²) in [5, 5.41) is 11.3. The second-order valence-electron chi connectivity index (χ2n) is 6.72. The Hall–Kier alpha value is -3.12. The van der Waals surface area contributed by atoms with E-state index in [9.17, 15) is 4.79 Å². The van der Waals surface area contributed by atoms with Crippen molar-refractivity contribution in [2.75, 3.05) is 7.11 Å². The smallest absolute Gasteiger partial charge is 0.242 e. The van der Waals surface area contributed by atoms with E-state index in [-0.39, 0.29) is 11.2 Å². The molecule has 1 aliphatic heterocycles. The van der Waals surface area contributed by atoms with Gasteiger partial charge in [-0.2, -0.15) is 5.10 Å². The second-order valence-corrected chi connectivity index (χ2v) is 8.03. The van der Waals surface area contributed by atoms with Crippen molar-refractivity contribution >= 4 is 39.8 Å². The van der Waals surface area contributed by atoms with E-state index in [4.69, 9.17) is 4.74 Å². The van der Waals surface area contributed by atoms with E-state index >= 15 is 0 Å². The summed E-state index contributed by atoms with van der Waals surface area (Å²) in [5.74, 6) is 0.849. The maximum atomic E-state index is 12.7. The van der Waals surface area contributed by atoms with Crippen molar-refractivity contribution < 1.29 is 9.53 Å². The molecular weight excluding hydrogens is 382 g/mol. The molecular formula is C23H21N3O2S. The number of methoxy groups -OCH3 is 1. The van der Waals surface area contributed by atoms with Crippen molar-refractivity contribution in [1.29, 1.82) is 0 Å². The highest BCUT2D eigenvalue weighted by Crippen LogP contribution is 2.30. The van der Waals surface area contributed by atoms with Crippen LogP contribution in [0.15, 0.2) is 76.9 Å². The lowest BCUT2D eigenvalue weighted by atomic mass is 10.0. The van der Waals surface area contributed by atoms with Crippen LogP contribution in [-0.2, 0) is 11.3 Å². The van der Waals surface area contributed by atoms with Gasteiger partial charge in [-0.3, -0.25) is 9.69 Å². The second kappa shape index (κ2) is 8.49. The summed E-state index contributed by atoms with van der Waals surface area (Å²) in [6, 6.07) is 21.9. The van der Waals surface area contributed by atoms with Crippen LogP contribution in [0.2, 0.25) is 0 Å². The Morgan fingerprint density at radius 1 is 1.07 bits per heavy atom. The normalized spacial score (nSPS) is 18.3. The van der Waals surface area contributed by atoms with Crippen molar-refractivity contribution in [3.05, 3.63) is 77.9 Å². The van der Waals surface area contributed by atoms with Crippen LogP contribution < -0.4 is 4.74 Å². The minimum Gasteiger partial charge on any atom is -0.497 e. The molecule has 6 heteroatoms. The Balaban J connectivity index is 1.58. The molecule has 0 spiro atoms. The summed E-state index contributed by atoms with van der Waals surface area (Å²) in [7, 11) is 1.63. The molecule has 146 valence electrons. The van der Waals surface area contributed by atoms with Crippen LogP contribution in [-0.4, -0.2) is 34.5 Å². The van der Waals surface area contributed by atoms with Gasteiger partial charge >= 0.3 is 0 Å². The number of hydrogen-bond donors (Lipinski definition) is 0. The van der Waals surface area contributed by atoms with Crippen LogP contribution in [0.5, 0.6) is 5.75 Å². The lowest BCUT2D eigenvalue weighted by molar-refractivity contribution is -0.126. The summed E-state index contributed by atoms with van der Waals surface area (Å²) < 4.78 is 5.16. The first kappa shape index (κ1) is 19.2. The van der Waals surface area contributed by atoms with Gasteiger partial charge in [-0.05, 0) is 53.1 Å². The molecule has 1 aliphatic rings. The predicted molar refractivity (Wildman–Crippen MR) is 120 cm³/mol. The van der Waals surface area contributed by atoms with Crippen molar-refractivity contribution in [2.45, 2.75) is 18.7 Å². The summed E-state index contributed by atoms with van der Waals surface area (Å²) in [6.07, 6.45) is 1.68. The highest BCUT2D eigenvalue weighted by Gasteiger charge is 2.35. The zero-order valence-corrected chi connectivity index (χ0v) is 17.1. The monoisotopic (exact) mass is 403 g/mol. The van der Waals surface area contributed by atoms with E-state index in [2.05, 4.69) is 34.5 Å². The fourth-order valence-corrected chi connectivity index (χ4v) is 4.16. The van der Waals surface area contributed by atoms with Gasteiger partial charge in [0, 0.05) is 0 Å². The summed E-state index contributed by atoms with van der Waals surface area (Å²) >= 11 is 1.44. The van der Waals surface area contributed by atoms with Crippen molar-refractivity contribution in [1.82, 2.24) is 4.90 Å². The lowest BCUT2D eigenvalue weighted by Gasteiger charge is -2.17. The molecule has 5 nitrogen and oxygen atoms in total. The number of rotatable bonds is 5. The lowest BCUT2D eigenvalue weighted by Crippen LogP contribution is -2.30. The van der Waals surface area contributed by atoms with Gasteiger partial charge < -0.3 is 4.74 Å². The van der Waals surface area contributed by atoms with E-state index in [1.165, 1.54) is 11.8 Å². The van der Waals surface area contributed by atoms with Crippen molar-refractivity contribution in [3.8, 4) is 5.75 Å². The Kier molecular flexibility index (Phi) is 5.62. The molecule has 1 amide bonds. The van der Waals surface area contributed by atoms with Crippen molar-refractivity contribution in [2.24, 2.45) is 10.2 Å². The molecule has 0 N–H and O–H groups in total. The van der Waals surface area contributed by atoms with Crippen LogP contribution in [0.25, 0.3) is 10.8 Å². The largest absolute Gasteiger partial charge is 0.497 e. The third-order valence-electron chi connectivity index (χ3n) is 4.80. The first-order chi connectivity index (χ1) is 14.2. The molecule has 4 rings (SSSR count). The maximum absolute atomic E-state index is 12.7. The molecule has 0 radical (unpaired) electrons. The van der Waals surface area contributed by atoms with E-state index < -0.39 is 0 Å². The summed E-state index contributed by atoms with van der Waals surface area (Å²) in [4.78, 5) is 14.4. The molecule has 1 fully saturated rings. The number of carbonyl (C=O) groups excluding carboxylic acids is 1. The minimum absolute atomic E-state index is 0.0568. The first-order valence-corrected chi connectivity index (χ1v) is 10.2. The van der Waals surface area contributed by atoms with Gasteiger partial charge in [-0.25, -0.2) is 0 Å². The average Bonchev–Trinajstić information content (AvgIpc) is 3.02. The number of carbonyl (C=O) groups is 1. The quantitative estimate of drug-likeness (QED) is 0.458. The zero-order chi connectivity index (χ0) is 20.2. The molecule has 1 atom stereocenters. The Morgan fingerprint density at radius 2 is 1.83 bits per heavy atom. The number of ether oxygens (including phenoxy) is 1. The topological polar surface area (TPSA) is 54.3 Å². The molecule has 29 heavy (non-hydrogen) atoms. The van der Waals surface area contributed by atoms with Crippen LogP contribution in [0, 0.1) is 0 Å². The number of thioether (sulfide) groups is 1. The molecule has 3 aromatic rings. The van der Waals surface area contributed by atoms with Gasteiger partial charge in [-0.1, -0.05) is 54.2 Å². The van der Waals surface area contributed by atoms with Gasteiger partial charge in [0.25, 0.3) is 0 Å². The summed E-state index contributed by atoms with van der Waals surface area (Å²) in [5.41, 5.74) is 2.01. The van der Waals surface area contributed by atoms with Crippen LogP contribution in [0.3, 0.4) is 0 Å². The fourth-order valence-electron chi connectivity index (χ4n) is 3.24.